The van der Waals surface area contributed by atoms with Gasteiger partial charge >= 0.3 is 11.9 Å². The van der Waals surface area contributed by atoms with Gasteiger partial charge in [0.15, 0.2) is 5.58 Å². The first kappa shape index (κ1) is 21.9. The normalized spacial score (nSPS) is 17.6. The van der Waals surface area contributed by atoms with Crippen LogP contribution in [0.1, 0.15) is 22.8 Å². The molecule has 3 heterocycles. The van der Waals surface area contributed by atoms with Crippen LogP contribution < -0.4 is 16.0 Å². The first-order chi connectivity index (χ1) is 15.2. The number of piperazine rings is 1. The van der Waals surface area contributed by atoms with Crippen LogP contribution in [-0.2, 0) is 6.18 Å². The number of nitrogens with zero attached hydrogens (tertiary/aromatic N) is 3. The number of pyridine rings is 1. The smallest absolute Gasteiger partial charge is 0.408 e. The maximum atomic E-state index is 12.7. The number of rotatable bonds is 5. The number of nitrogens with one attached hydrogen (secondary N) is 2. The van der Waals surface area contributed by atoms with E-state index in [-0.39, 0.29) is 11.9 Å². The van der Waals surface area contributed by atoms with Crippen molar-refractivity contribution in [1.29, 1.82) is 0 Å². The Balaban J connectivity index is 1.27. The van der Waals surface area contributed by atoms with Crippen LogP contribution in [0.2, 0.25) is 0 Å². The number of aromatic amines is 1. The molecule has 1 amide bonds. The summed E-state index contributed by atoms with van der Waals surface area (Å²) < 4.78 is 43.1. The Labute approximate surface area is 181 Å². The molecule has 0 bridgehead atoms. The third-order valence-electron chi connectivity index (χ3n) is 5.53. The third-order valence-corrected chi connectivity index (χ3v) is 5.53. The maximum absolute atomic E-state index is 12.7. The van der Waals surface area contributed by atoms with Gasteiger partial charge in [-0.25, -0.2) is 9.78 Å². The van der Waals surface area contributed by atoms with Gasteiger partial charge in [0.2, 0.25) is 0 Å². The molecule has 3 aromatic rings. The molecule has 1 aliphatic rings. The Morgan fingerprint density at radius 3 is 2.78 bits per heavy atom. The van der Waals surface area contributed by atoms with Crippen LogP contribution in [0.25, 0.3) is 11.1 Å². The van der Waals surface area contributed by atoms with Crippen LogP contribution in [-0.4, -0.2) is 59.5 Å². The number of alkyl halides is 3. The topological polar surface area (TPSA) is 94.5 Å². The molecule has 4 rings (SSSR count). The van der Waals surface area contributed by atoms with E-state index in [0.29, 0.717) is 55.2 Å². The second-order valence-electron chi connectivity index (χ2n) is 7.72. The number of amides is 1. The summed E-state index contributed by atoms with van der Waals surface area (Å²) in [7, 11) is 0. The fourth-order valence-corrected chi connectivity index (χ4v) is 3.78. The first-order valence-electron chi connectivity index (χ1n) is 10.1. The van der Waals surface area contributed by atoms with Gasteiger partial charge in [-0.1, -0.05) is 0 Å². The van der Waals surface area contributed by atoms with Crippen LogP contribution in [0, 0.1) is 0 Å². The van der Waals surface area contributed by atoms with Crippen LogP contribution in [0.4, 0.5) is 19.0 Å². The molecule has 170 valence electrons. The second kappa shape index (κ2) is 8.65. The SMILES string of the molecule is C[C@@H]1CN(c2ccc(C(F)(F)F)cn2)CCN1CCNC(=O)c1ccc2[nH]c(=O)oc2c1. The maximum Gasteiger partial charge on any atom is 0.417 e. The van der Waals surface area contributed by atoms with E-state index in [9.17, 15) is 22.8 Å². The number of anilines is 1. The molecule has 1 aromatic carbocycles. The monoisotopic (exact) mass is 449 g/mol. The molecule has 32 heavy (non-hydrogen) atoms. The second-order valence-corrected chi connectivity index (χ2v) is 7.72. The number of hydrogen-bond acceptors (Lipinski definition) is 6. The van der Waals surface area contributed by atoms with Gasteiger partial charge in [-0.15, -0.1) is 0 Å². The number of aromatic nitrogens is 2. The van der Waals surface area contributed by atoms with E-state index in [0.717, 1.165) is 12.3 Å². The quantitative estimate of drug-likeness (QED) is 0.622. The molecule has 2 N–H and O–H groups in total. The predicted molar refractivity (Wildman–Crippen MR) is 112 cm³/mol. The number of carbonyl (C=O) groups is 1. The number of hydrogen-bond donors (Lipinski definition) is 2. The van der Waals surface area contributed by atoms with Crippen molar-refractivity contribution < 1.29 is 22.4 Å². The number of halogens is 3. The van der Waals surface area contributed by atoms with Crippen LogP contribution in [0.15, 0.2) is 45.7 Å². The van der Waals surface area contributed by atoms with E-state index in [1.807, 2.05) is 11.8 Å². The summed E-state index contributed by atoms with van der Waals surface area (Å²) in [5, 5.41) is 2.86. The van der Waals surface area contributed by atoms with Gasteiger partial charge < -0.3 is 14.6 Å². The Kier molecular flexibility index (Phi) is 5.92. The van der Waals surface area contributed by atoms with E-state index in [4.69, 9.17) is 4.42 Å². The zero-order valence-corrected chi connectivity index (χ0v) is 17.3. The molecular formula is C21H22F3N5O3. The van der Waals surface area contributed by atoms with Gasteiger partial charge in [0.25, 0.3) is 5.91 Å². The Bertz CT molecular complexity index is 1160. The van der Waals surface area contributed by atoms with Gasteiger partial charge in [-0.05, 0) is 37.3 Å². The fraction of sp³-hybridized carbons (Fsp3) is 0.381. The molecule has 8 nitrogen and oxygen atoms in total. The summed E-state index contributed by atoms with van der Waals surface area (Å²) in [6, 6.07) is 7.32. The molecule has 0 radical (unpaired) electrons. The lowest BCUT2D eigenvalue weighted by Crippen LogP contribution is -2.53. The van der Waals surface area contributed by atoms with Gasteiger partial charge in [-0.3, -0.25) is 14.7 Å². The number of benzene rings is 1. The minimum atomic E-state index is -4.40. The molecule has 0 saturated carbocycles. The lowest BCUT2D eigenvalue weighted by molar-refractivity contribution is -0.137. The summed E-state index contributed by atoms with van der Waals surface area (Å²) in [6.07, 6.45) is -3.54. The molecule has 0 aliphatic carbocycles. The number of carbonyl (C=O) groups excluding carboxylic acids is 1. The summed E-state index contributed by atoms with van der Waals surface area (Å²) in [6.45, 7) is 5.02. The molecule has 0 spiro atoms. The zero-order valence-electron chi connectivity index (χ0n) is 17.3. The summed E-state index contributed by atoms with van der Waals surface area (Å²) in [4.78, 5) is 34.3. The van der Waals surface area contributed by atoms with E-state index in [1.165, 1.54) is 12.1 Å². The molecule has 0 unspecified atom stereocenters. The van der Waals surface area contributed by atoms with E-state index >= 15 is 0 Å². The Morgan fingerprint density at radius 1 is 1.28 bits per heavy atom. The van der Waals surface area contributed by atoms with Crippen molar-refractivity contribution in [3.63, 3.8) is 0 Å². The molecular weight excluding hydrogens is 427 g/mol. The summed E-state index contributed by atoms with van der Waals surface area (Å²) >= 11 is 0. The highest BCUT2D eigenvalue weighted by Crippen LogP contribution is 2.29. The molecule has 11 heteroatoms. The minimum absolute atomic E-state index is 0.134. The van der Waals surface area contributed by atoms with Crippen LogP contribution >= 0.6 is 0 Å². The number of H-pyrrole nitrogens is 1. The molecule has 1 aliphatic heterocycles. The first-order valence-corrected chi connectivity index (χ1v) is 10.1. The lowest BCUT2D eigenvalue weighted by Gasteiger charge is -2.40. The van der Waals surface area contributed by atoms with Gasteiger partial charge in [0.05, 0.1) is 11.1 Å². The van der Waals surface area contributed by atoms with Crippen molar-refractivity contribution in [2.24, 2.45) is 0 Å². The van der Waals surface area contributed by atoms with E-state index in [2.05, 4.69) is 20.2 Å². The minimum Gasteiger partial charge on any atom is -0.408 e. The molecule has 2 aromatic heterocycles. The highest BCUT2D eigenvalue weighted by Gasteiger charge is 2.31. The third kappa shape index (κ3) is 4.77. The summed E-state index contributed by atoms with van der Waals surface area (Å²) in [5.41, 5.74) is 0.484. The van der Waals surface area contributed by atoms with Crippen molar-refractivity contribution in [1.82, 2.24) is 20.2 Å². The zero-order chi connectivity index (χ0) is 22.9. The van der Waals surface area contributed by atoms with Crippen LogP contribution in [0.5, 0.6) is 0 Å². The summed E-state index contributed by atoms with van der Waals surface area (Å²) in [5.74, 6) is -0.322. The highest BCUT2D eigenvalue weighted by atomic mass is 19.4. The van der Waals surface area contributed by atoms with Gasteiger partial charge in [-0.2, -0.15) is 13.2 Å². The standard InChI is InChI=1S/C21H22F3N5O3/c1-13-12-29(18-5-3-15(11-26-18)21(22,23)24)9-8-28(13)7-6-25-19(30)14-2-4-16-17(10-14)32-20(31)27-16/h2-5,10-11,13H,6-9,12H2,1H3,(H,25,30)(H,27,31)/t13-/m1/s1. The van der Waals surface area contributed by atoms with Gasteiger partial charge in [0, 0.05) is 50.5 Å². The average Bonchev–Trinajstić information content (AvgIpc) is 3.13. The van der Waals surface area contributed by atoms with Crippen LogP contribution in [0.3, 0.4) is 0 Å². The van der Waals surface area contributed by atoms with Crippen molar-refractivity contribution >= 4 is 22.8 Å². The molecule has 1 fully saturated rings. The molecule has 1 saturated heterocycles. The predicted octanol–water partition coefficient (Wildman–Crippen LogP) is 2.48. The van der Waals surface area contributed by atoms with Crippen molar-refractivity contribution in [2.45, 2.75) is 19.1 Å². The Morgan fingerprint density at radius 2 is 2.09 bits per heavy atom. The van der Waals surface area contributed by atoms with Gasteiger partial charge in [0.1, 0.15) is 5.82 Å². The number of fused-ring (bicyclic) bond motifs is 1. The van der Waals surface area contributed by atoms with Crippen molar-refractivity contribution in [2.75, 3.05) is 37.6 Å². The molecule has 1 atom stereocenters. The van der Waals surface area contributed by atoms with E-state index < -0.39 is 17.5 Å². The van der Waals surface area contributed by atoms with Crippen molar-refractivity contribution in [3.8, 4) is 0 Å². The van der Waals surface area contributed by atoms with E-state index in [1.54, 1.807) is 12.1 Å². The highest BCUT2D eigenvalue weighted by molar-refractivity contribution is 5.96. The average molecular weight is 449 g/mol. The largest absolute Gasteiger partial charge is 0.417 e. The Hall–Kier alpha value is -3.34. The van der Waals surface area contributed by atoms with Crippen molar-refractivity contribution in [3.05, 3.63) is 58.2 Å². The fourth-order valence-electron chi connectivity index (χ4n) is 3.78. The lowest BCUT2D eigenvalue weighted by atomic mass is 10.1. The number of oxazole rings is 1.